The highest BCUT2D eigenvalue weighted by molar-refractivity contribution is 6.67. The van der Waals surface area contributed by atoms with Gasteiger partial charge in [-0.3, -0.25) is 15.0 Å². The van der Waals surface area contributed by atoms with Crippen LogP contribution in [0.15, 0.2) is 0 Å². The number of amides is 1. The Bertz CT molecular complexity index is 197. The van der Waals surface area contributed by atoms with Gasteiger partial charge in [-0.15, -0.1) is 0 Å². The molecular weight excluding hydrogens is 120 g/mol. The molecule has 0 aromatic rings. The highest BCUT2D eigenvalue weighted by Crippen LogP contribution is 1.98. The van der Waals surface area contributed by atoms with Gasteiger partial charge in [0.2, 0.25) is 5.78 Å². The van der Waals surface area contributed by atoms with Crippen LogP contribution >= 0.6 is 0 Å². The smallest absolute Gasteiger partial charge is 0.275 e. The molecule has 0 atom stereocenters. The fraction of sp³-hybridized carbons (Fsp3) is 0.400. The van der Waals surface area contributed by atoms with Crippen LogP contribution in [0.5, 0.6) is 0 Å². The van der Waals surface area contributed by atoms with Crippen molar-refractivity contribution >= 4 is 17.4 Å². The van der Waals surface area contributed by atoms with Crippen molar-refractivity contribution in [2.45, 2.75) is 0 Å². The molecule has 0 bridgehead atoms. The van der Waals surface area contributed by atoms with Gasteiger partial charge < -0.3 is 4.90 Å². The maximum Gasteiger partial charge on any atom is 0.275 e. The van der Waals surface area contributed by atoms with E-state index in [4.69, 9.17) is 5.41 Å². The van der Waals surface area contributed by atoms with Gasteiger partial charge in [0.05, 0.1) is 6.54 Å². The summed E-state index contributed by atoms with van der Waals surface area (Å²) in [4.78, 5) is 22.3. The fourth-order valence-corrected chi connectivity index (χ4v) is 0.676. The molecule has 0 aromatic carbocycles. The van der Waals surface area contributed by atoms with Crippen molar-refractivity contribution < 1.29 is 9.59 Å². The number of carbonyl (C=O) groups excluding carboxylic acids is 2. The van der Waals surface area contributed by atoms with Crippen LogP contribution < -0.4 is 0 Å². The first-order chi connectivity index (χ1) is 4.13. The fourth-order valence-electron chi connectivity index (χ4n) is 0.676. The van der Waals surface area contributed by atoms with E-state index in [2.05, 4.69) is 0 Å². The minimum absolute atomic E-state index is 0.0671. The molecule has 1 aliphatic heterocycles. The first-order valence-corrected chi connectivity index (χ1v) is 2.50. The monoisotopic (exact) mass is 126 g/mol. The molecule has 0 spiro atoms. The van der Waals surface area contributed by atoms with Crippen LogP contribution in [0.2, 0.25) is 0 Å². The Labute approximate surface area is 52.0 Å². The van der Waals surface area contributed by atoms with Crippen LogP contribution in [0.1, 0.15) is 0 Å². The predicted octanol–water partition coefficient (Wildman–Crippen LogP) is -0.953. The van der Waals surface area contributed by atoms with Crippen molar-refractivity contribution in [2.75, 3.05) is 13.6 Å². The quantitative estimate of drug-likeness (QED) is 0.454. The molecule has 1 N–H and O–H groups in total. The van der Waals surface area contributed by atoms with E-state index in [-0.39, 0.29) is 12.3 Å². The number of likely N-dealkylation sites (N-methyl/N-ethyl adjacent to an activating group) is 1. The molecule has 1 amide bonds. The average molecular weight is 126 g/mol. The van der Waals surface area contributed by atoms with E-state index in [0.717, 1.165) is 0 Å². The molecular formula is C5H6N2O2. The molecule has 1 fully saturated rings. The predicted molar refractivity (Wildman–Crippen MR) is 30.4 cm³/mol. The number of Topliss-reactive ketones (excluding diaryl/α,β-unsaturated/α-hetero) is 1. The molecule has 1 aliphatic rings. The van der Waals surface area contributed by atoms with Gasteiger partial charge in [0, 0.05) is 7.05 Å². The molecule has 0 aromatic heterocycles. The highest BCUT2D eigenvalue weighted by Gasteiger charge is 2.30. The standard InChI is InChI=1S/C5H6N2O2/c1-7-2-3(8)4(6)5(7)9/h6H,2H2,1H3. The molecule has 9 heavy (non-hydrogen) atoms. The van der Waals surface area contributed by atoms with Gasteiger partial charge in [-0.1, -0.05) is 0 Å². The number of nitrogens with one attached hydrogen (secondary N) is 1. The zero-order valence-electron chi connectivity index (χ0n) is 4.97. The van der Waals surface area contributed by atoms with Gasteiger partial charge in [0.1, 0.15) is 0 Å². The summed E-state index contributed by atoms with van der Waals surface area (Å²) in [5, 5.41) is 6.85. The SMILES string of the molecule is CN1CC(=O)C(=N)C1=O. The second-order valence-electron chi connectivity index (χ2n) is 1.96. The summed E-state index contributed by atoms with van der Waals surface area (Å²) in [6.07, 6.45) is 0. The Morgan fingerprint density at radius 1 is 1.56 bits per heavy atom. The molecule has 1 heterocycles. The van der Waals surface area contributed by atoms with Crippen LogP contribution in [-0.2, 0) is 9.59 Å². The summed E-state index contributed by atoms with van der Waals surface area (Å²) < 4.78 is 0. The molecule has 0 unspecified atom stereocenters. The summed E-state index contributed by atoms with van der Waals surface area (Å²) in [6.45, 7) is 0.0671. The number of ketones is 1. The van der Waals surface area contributed by atoms with E-state index in [0.29, 0.717) is 0 Å². The van der Waals surface area contributed by atoms with Gasteiger partial charge in [0.15, 0.2) is 5.71 Å². The van der Waals surface area contributed by atoms with E-state index >= 15 is 0 Å². The third-order valence-corrected chi connectivity index (χ3v) is 1.22. The Hall–Kier alpha value is -1.19. The van der Waals surface area contributed by atoms with E-state index in [1.165, 1.54) is 11.9 Å². The first kappa shape index (κ1) is 5.94. The van der Waals surface area contributed by atoms with Gasteiger partial charge in [-0.25, -0.2) is 0 Å². The van der Waals surface area contributed by atoms with E-state index in [1.807, 2.05) is 0 Å². The van der Waals surface area contributed by atoms with Gasteiger partial charge in [0.25, 0.3) is 5.91 Å². The van der Waals surface area contributed by atoms with E-state index < -0.39 is 11.6 Å². The molecule has 0 aliphatic carbocycles. The lowest BCUT2D eigenvalue weighted by molar-refractivity contribution is -0.122. The van der Waals surface area contributed by atoms with Crippen molar-refractivity contribution in [3.63, 3.8) is 0 Å². The molecule has 4 nitrogen and oxygen atoms in total. The Morgan fingerprint density at radius 3 is 2.22 bits per heavy atom. The number of carbonyl (C=O) groups is 2. The lowest BCUT2D eigenvalue weighted by Gasteiger charge is -2.01. The van der Waals surface area contributed by atoms with Gasteiger partial charge in [-0.05, 0) is 0 Å². The minimum atomic E-state index is -0.472. The maximum atomic E-state index is 10.6. The number of nitrogens with zero attached hydrogens (tertiary/aromatic N) is 1. The number of hydrogen-bond acceptors (Lipinski definition) is 3. The molecule has 4 heteroatoms. The second-order valence-corrected chi connectivity index (χ2v) is 1.96. The summed E-state index contributed by atoms with van der Waals surface area (Å²) in [7, 11) is 1.50. The highest BCUT2D eigenvalue weighted by atomic mass is 16.2. The van der Waals surface area contributed by atoms with Gasteiger partial charge in [-0.2, -0.15) is 0 Å². The number of likely N-dealkylation sites (tertiary alicyclic amines) is 1. The normalized spacial score (nSPS) is 19.7. The minimum Gasteiger partial charge on any atom is -0.333 e. The molecule has 1 saturated heterocycles. The van der Waals surface area contributed by atoms with Crippen molar-refractivity contribution in [3.05, 3.63) is 0 Å². The summed E-state index contributed by atoms with van der Waals surface area (Å²) in [5.41, 5.74) is -0.391. The van der Waals surface area contributed by atoms with Crippen LogP contribution in [-0.4, -0.2) is 35.9 Å². The molecule has 48 valence electrons. The Balaban J connectivity index is 2.90. The Morgan fingerprint density at radius 2 is 2.11 bits per heavy atom. The van der Waals surface area contributed by atoms with Crippen molar-refractivity contribution in [2.24, 2.45) is 0 Å². The third kappa shape index (κ3) is 0.718. The number of hydrogen-bond donors (Lipinski definition) is 1. The van der Waals surface area contributed by atoms with Gasteiger partial charge >= 0.3 is 0 Å². The summed E-state index contributed by atoms with van der Waals surface area (Å²) >= 11 is 0. The topological polar surface area (TPSA) is 61.2 Å². The van der Waals surface area contributed by atoms with Crippen LogP contribution in [0, 0.1) is 5.41 Å². The van der Waals surface area contributed by atoms with Crippen molar-refractivity contribution in [1.82, 2.24) is 4.90 Å². The van der Waals surface area contributed by atoms with Crippen molar-refractivity contribution in [1.29, 1.82) is 5.41 Å². The molecule has 0 radical (unpaired) electrons. The van der Waals surface area contributed by atoms with Crippen LogP contribution in [0.3, 0.4) is 0 Å². The molecule has 0 saturated carbocycles. The van der Waals surface area contributed by atoms with Crippen molar-refractivity contribution in [3.8, 4) is 0 Å². The lowest BCUT2D eigenvalue weighted by atomic mass is 10.3. The zero-order valence-corrected chi connectivity index (χ0v) is 4.97. The largest absolute Gasteiger partial charge is 0.333 e. The third-order valence-electron chi connectivity index (χ3n) is 1.22. The maximum absolute atomic E-state index is 10.6. The first-order valence-electron chi connectivity index (χ1n) is 2.50. The average Bonchev–Trinajstić information content (AvgIpc) is 1.98. The zero-order chi connectivity index (χ0) is 7.02. The molecule has 1 rings (SSSR count). The Kier molecular flexibility index (Phi) is 1.09. The number of rotatable bonds is 0. The summed E-state index contributed by atoms with van der Waals surface area (Å²) in [5.74, 6) is -0.859. The van der Waals surface area contributed by atoms with Crippen LogP contribution in [0.25, 0.3) is 0 Å². The lowest BCUT2D eigenvalue weighted by Crippen LogP contribution is -2.21. The summed E-state index contributed by atoms with van der Waals surface area (Å²) in [6, 6.07) is 0. The van der Waals surface area contributed by atoms with E-state index in [1.54, 1.807) is 0 Å². The van der Waals surface area contributed by atoms with Crippen LogP contribution in [0.4, 0.5) is 0 Å². The van der Waals surface area contributed by atoms with E-state index in [9.17, 15) is 9.59 Å². The second kappa shape index (κ2) is 1.65.